The highest BCUT2D eigenvalue weighted by atomic mass is 19.4. The van der Waals surface area contributed by atoms with Crippen molar-refractivity contribution in [3.05, 3.63) is 48.3 Å². The summed E-state index contributed by atoms with van der Waals surface area (Å²) in [5.74, 6) is -0.964. The minimum atomic E-state index is -5.08. The summed E-state index contributed by atoms with van der Waals surface area (Å²) in [7, 11) is 1.70. The van der Waals surface area contributed by atoms with Gasteiger partial charge >= 0.3 is 12.1 Å². The quantitative estimate of drug-likeness (QED) is 0.809. The molecule has 1 spiro atoms. The van der Waals surface area contributed by atoms with Gasteiger partial charge in [0.15, 0.2) is 0 Å². The Labute approximate surface area is 172 Å². The van der Waals surface area contributed by atoms with Gasteiger partial charge < -0.3 is 14.7 Å². The van der Waals surface area contributed by atoms with Gasteiger partial charge in [-0.25, -0.2) is 14.8 Å². The van der Waals surface area contributed by atoms with Crippen LogP contribution in [-0.4, -0.2) is 65.4 Å². The molecule has 2 aliphatic rings. The molecule has 1 N–H and O–H groups in total. The van der Waals surface area contributed by atoms with Crippen molar-refractivity contribution in [3.8, 4) is 5.75 Å². The molecular formula is C20H23F3N4O3. The zero-order valence-corrected chi connectivity index (χ0v) is 16.5. The molecule has 2 aromatic rings. The molecule has 2 saturated heterocycles. The number of rotatable bonds is 4. The van der Waals surface area contributed by atoms with Gasteiger partial charge in [-0.1, -0.05) is 12.1 Å². The lowest BCUT2D eigenvalue weighted by Gasteiger charge is -2.48. The summed E-state index contributed by atoms with van der Waals surface area (Å²) in [6.07, 6.45) is -0.196. The van der Waals surface area contributed by atoms with Crippen molar-refractivity contribution in [3.63, 3.8) is 0 Å². The van der Waals surface area contributed by atoms with Gasteiger partial charge in [0.05, 0.1) is 7.11 Å². The summed E-state index contributed by atoms with van der Waals surface area (Å²) in [6, 6.07) is 10.3. The Kier molecular flexibility index (Phi) is 6.45. The van der Waals surface area contributed by atoms with Gasteiger partial charge in [-0.15, -0.1) is 0 Å². The SMILES string of the molecule is COc1ccc(CN2CC3(CCN(c4ncccn4)C3)C2)cc1.O=C(O)C(F)(F)F. The summed E-state index contributed by atoms with van der Waals surface area (Å²) < 4.78 is 36.9. The van der Waals surface area contributed by atoms with Crippen LogP contribution in [0.2, 0.25) is 0 Å². The van der Waals surface area contributed by atoms with Crippen LogP contribution in [0.3, 0.4) is 0 Å². The Morgan fingerprint density at radius 3 is 2.30 bits per heavy atom. The van der Waals surface area contributed by atoms with Crippen molar-refractivity contribution in [2.45, 2.75) is 19.1 Å². The lowest BCUT2D eigenvalue weighted by Crippen LogP contribution is -2.56. The van der Waals surface area contributed by atoms with Crippen LogP contribution in [0.15, 0.2) is 42.7 Å². The number of methoxy groups -OCH3 is 1. The Hall–Kier alpha value is -2.88. The van der Waals surface area contributed by atoms with E-state index >= 15 is 0 Å². The molecule has 162 valence electrons. The second-order valence-electron chi connectivity index (χ2n) is 7.52. The molecule has 0 saturated carbocycles. The molecule has 4 rings (SSSR count). The number of aliphatic carboxylic acids is 1. The van der Waals surface area contributed by atoms with Crippen molar-refractivity contribution in [1.82, 2.24) is 14.9 Å². The monoisotopic (exact) mass is 424 g/mol. The summed E-state index contributed by atoms with van der Waals surface area (Å²) >= 11 is 0. The van der Waals surface area contributed by atoms with Crippen molar-refractivity contribution >= 4 is 11.9 Å². The lowest BCUT2D eigenvalue weighted by atomic mass is 9.79. The maximum absolute atomic E-state index is 10.6. The minimum absolute atomic E-state index is 0.436. The van der Waals surface area contributed by atoms with E-state index in [2.05, 4.69) is 31.9 Å². The summed E-state index contributed by atoms with van der Waals surface area (Å²) in [5, 5.41) is 7.12. The summed E-state index contributed by atoms with van der Waals surface area (Å²) in [5.41, 5.74) is 1.79. The fraction of sp³-hybridized carbons (Fsp3) is 0.450. The van der Waals surface area contributed by atoms with E-state index in [1.165, 1.54) is 25.1 Å². The molecule has 0 aliphatic carbocycles. The van der Waals surface area contributed by atoms with Gasteiger partial charge in [-0.3, -0.25) is 4.90 Å². The Morgan fingerprint density at radius 2 is 1.77 bits per heavy atom. The van der Waals surface area contributed by atoms with Crippen LogP contribution in [0.1, 0.15) is 12.0 Å². The maximum atomic E-state index is 10.6. The van der Waals surface area contributed by atoms with Crippen LogP contribution < -0.4 is 9.64 Å². The highest BCUT2D eigenvalue weighted by molar-refractivity contribution is 5.73. The number of anilines is 1. The predicted molar refractivity (Wildman–Crippen MR) is 103 cm³/mol. The maximum Gasteiger partial charge on any atom is 0.490 e. The number of alkyl halides is 3. The number of ether oxygens (including phenoxy) is 1. The Bertz CT molecular complexity index is 841. The first-order chi connectivity index (χ1) is 14.2. The van der Waals surface area contributed by atoms with E-state index in [0.717, 1.165) is 31.3 Å². The lowest BCUT2D eigenvalue weighted by molar-refractivity contribution is -0.192. The fourth-order valence-corrected chi connectivity index (χ4v) is 3.82. The van der Waals surface area contributed by atoms with E-state index in [1.54, 1.807) is 7.11 Å². The number of carboxylic acid groups (broad SMARTS) is 1. The van der Waals surface area contributed by atoms with E-state index in [1.807, 2.05) is 30.6 Å². The molecule has 0 amide bonds. The predicted octanol–water partition coefficient (Wildman–Crippen LogP) is 2.83. The van der Waals surface area contributed by atoms with E-state index in [4.69, 9.17) is 14.6 Å². The highest BCUT2D eigenvalue weighted by Gasteiger charge is 2.47. The Morgan fingerprint density at radius 1 is 1.17 bits per heavy atom. The van der Waals surface area contributed by atoms with Gasteiger partial charge in [-0.05, 0) is 30.2 Å². The first-order valence-electron chi connectivity index (χ1n) is 9.38. The van der Waals surface area contributed by atoms with E-state index < -0.39 is 12.1 Å². The van der Waals surface area contributed by atoms with Crippen molar-refractivity contribution < 1.29 is 27.8 Å². The third kappa shape index (κ3) is 5.38. The molecule has 0 atom stereocenters. The largest absolute Gasteiger partial charge is 0.497 e. The molecule has 0 radical (unpaired) electrons. The van der Waals surface area contributed by atoms with E-state index in [-0.39, 0.29) is 0 Å². The molecule has 1 aromatic carbocycles. The standard InChI is InChI=1S/C18H22N4O.C2HF3O2/c1-23-16-5-3-15(4-6-16)11-21-12-18(13-21)7-10-22(14-18)17-19-8-2-9-20-17;3-2(4,5)1(6)7/h2-6,8-9H,7,10-14H2,1H3;(H,6,7). The minimum Gasteiger partial charge on any atom is -0.497 e. The van der Waals surface area contributed by atoms with Crippen LogP contribution in [0, 0.1) is 5.41 Å². The zero-order chi connectivity index (χ0) is 21.8. The number of nitrogens with zero attached hydrogens (tertiary/aromatic N) is 4. The highest BCUT2D eigenvalue weighted by Crippen LogP contribution is 2.41. The second-order valence-corrected chi connectivity index (χ2v) is 7.52. The summed E-state index contributed by atoms with van der Waals surface area (Å²) in [4.78, 5) is 22.5. The van der Waals surface area contributed by atoms with Gasteiger partial charge in [0.1, 0.15) is 5.75 Å². The third-order valence-electron chi connectivity index (χ3n) is 5.20. The fourth-order valence-electron chi connectivity index (χ4n) is 3.82. The molecule has 30 heavy (non-hydrogen) atoms. The first-order valence-corrected chi connectivity index (χ1v) is 9.38. The molecular weight excluding hydrogens is 401 g/mol. The molecule has 3 heterocycles. The number of aromatic nitrogens is 2. The molecule has 0 unspecified atom stereocenters. The number of hydrogen-bond acceptors (Lipinski definition) is 6. The molecule has 10 heteroatoms. The van der Waals surface area contributed by atoms with E-state index in [9.17, 15) is 13.2 Å². The zero-order valence-electron chi connectivity index (χ0n) is 16.5. The Balaban J connectivity index is 0.000000318. The van der Waals surface area contributed by atoms with Crippen LogP contribution in [-0.2, 0) is 11.3 Å². The van der Waals surface area contributed by atoms with Crippen molar-refractivity contribution in [1.29, 1.82) is 0 Å². The van der Waals surface area contributed by atoms with Gasteiger partial charge in [0, 0.05) is 50.5 Å². The van der Waals surface area contributed by atoms with Gasteiger partial charge in [-0.2, -0.15) is 13.2 Å². The number of likely N-dealkylation sites (tertiary alicyclic amines) is 1. The van der Waals surface area contributed by atoms with Crippen molar-refractivity contribution in [2.24, 2.45) is 5.41 Å². The number of hydrogen-bond donors (Lipinski definition) is 1. The third-order valence-corrected chi connectivity index (χ3v) is 5.20. The van der Waals surface area contributed by atoms with Gasteiger partial charge in [0.2, 0.25) is 5.95 Å². The van der Waals surface area contributed by atoms with Crippen LogP contribution >= 0.6 is 0 Å². The molecule has 2 aliphatic heterocycles. The molecule has 1 aromatic heterocycles. The number of carboxylic acids is 1. The average molecular weight is 424 g/mol. The molecule has 2 fully saturated rings. The summed E-state index contributed by atoms with van der Waals surface area (Å²) in [6.45, 7) is 5.51. The molecule has 0 bridgehead atoms. The topological polar surface area (TPSA) is 78.8 Å². The second kappa shape index (κ2) is 8.86. The normalized spacial score (nSPS) is 17.8. The van der Waals surface area contributed by atoms with Gasteiger partial charge in [0.25, 0.3) is 0 Å². The van der Waals surface area contributed by atoms with Crippen LogP contribution in [0.4, 0.5) is 19.1 Å². The average Bonchev–Trinajstić information content (AvgIpc) is 3.14. The first kappa shape index (κ1) is 21.8. The van der Waals surface area contributed by atoms with Crippen LogP contribution in [0.25, 0.3) is 0 Å². The number of benzene rings is 1. The van der Waals surface area contributed by atoms with E-state index in [0.29, 0.717) is 5.41 Å². The van der Waals surface area contributed by atoms with Crippen LogP contribution in [0.5, 0.6) is 5.75 Å². The number of carbonyl (C=O) groups is 1. The smallest absolute Gasteiger partial charge is 0.490 e. The molecule has 7 nitrogen and oxygen atoms in total. The number of halogens is 3. The van der Waals surface area contributed by atoms with Crippen molar-refractivity contribution in [2.75, 3.05) is 38.2 Å².